The summed E-state index contributed by atoms with van der Waals surface area (Å²) in [4.78, 5) is 37.1. The fraction of sp³-hybridized carbons (Fsp3) is 0.348. The molecule has 3 aromatic heterocycles. The molecule has 0 radical (unpaired) electrons. The lowest BCUT2D eigenvalue weighted by Gasteiger charge is -2.15. The highest BCUT2D eigenvalue weighted by atomic mass is 32.2. The monoisotopic (exact) mass is 482 g/mol. The normalized spacial score (nSPS) is 15.4. The minimum Gasteiger partial charge on any atom is -0.369 e. The van der Waals surface area contributed by atoms with Gasteiger partial charge in [0.1, 0.15) is 15.8 Å². The van der Waals surface area contributed by atoms with Gasteiger partial charge in [-0.3, -0.25) is 18.9 Å². The number of nitrogens with zero attached hydrogens (tertiary/aromatic N) is 5. The van der Waals surface area contributed by atoms with Crippen molar-refractivity contribution in [3.05, 3.63) is 63.9 Å². The largest absolute Gasteiger partial charge is 0.369 e. The maximum Gasteiger partial charge on any atom is 0.267 e. The van der Waals surface area contributed by atoms with Crippen molar-refractivity contribution in [2.75, 3.05) is 18.4 Å². The Kier molecular flexibility index (Phi) is 7.24. The lowest BCUT2D eigenvalue weighted by molar-refractivity contribution is -0.122. The van der Waals surface area contributed by atoms with Gasteiger partial charge < -0.3 is 9.88 Å². The van der Waals surface area contributed by atoms with Crippen LogP contribution in [0.25, 0.3) is 11.7 Å². The SMILES string of the molecule is CC(C)CCN1C(=O)/C(=C/c2c(NCCCn3ccnc3)nc3ccccn3c2=O)SC1=S. The molecule has 0 saturated carbocycles. The van der Waals surface area contributed by atoms with E-state index in [0.29, 0.717) is 45.3 Å². The van der Waals surface area contributed by atoms with Crippen LogP contribution in [0.1, 0.15) is 32.3 Å². The average Bonchev–Trinajstić information content (AvgIpc) is 3.40. The second-order valence-corrected chi connectivity index (χ2v) is 9.88. The number of hydrogen-bond acceptors (Lipinski definition) is 7. The van der Waals surface area contributed by atoms with Gasteiger partial charge in [0.25, 0.3) is 11.5 Å². The lowest BCUT2D eigenvalue weighted by Crippen LogP contribution is -2.29. The van der Waals surface area contributed by atoms with Crippen LogP contribution < -0.4 is 10.9 Å². The van der Waals surface area contributed by atoms with Gasteiger partial charge in [0, 0.05) is 38.2 Å². The van der Waals surface area contributed by atoms with Crippen LogP contribution in [0, 0.1) is 5.92 Å². The molecule has 1 aliphatic rings. The number of imidazole rings is 1. The Morgan fingerprint density at radius 2 is 2.06 bits per heavy atom. The minimum absolute atomic E-state index is 0.158. The number of hydrogen-bond donors (Lipinski definition) is 1. The molecule has 8 nitrogen and oxygen atoms in total. The molecule has 4 rings (SSSR count). The van der Waals surface area contributed by atoms with Gasteiger partial charge in [0.05, 0.1) is 16.8 Å². The Morgan fingerprint density at radius 3 is 2.82 bits per heavy atom. The molecular formula is C23H26N6O2S2. The second-order valence-electron chi connectivity index (χ2n) is 8.20. The molecule has 0 aliphatic carbocycles. The fourth-order valence-electron chi connectivity index (χ4n) is 3.47. The molecule has 33 heavy (non-hydrogen) atoms. The van der Waals surface area contributed by atoms with E-state index in [4.69, 9.17) is 12.2 Å². The van der Waals surface area contributed by atoms with Gasteiger partial charge in [-0.15, -0.1) is 0 Å². The van der Waals surface area contributed by atoms with E-state index in [1.165, 1.54) is 16.2 Å². The molecule has 0 unspecified atom stereocenters. The van der Waals surface area contributed by atoms with Crippen molar-refractivity contribution in [1.29, 1.82) is 0 Å². The first kappa shape index (κ1) is 23.2. The molecule has 0 aromatic carbocycles. The number of rotatable bonds is 9. The molecule has 0 spiro atoms. The molecule has 0 bridgehead atoms. The summed E-state index contributed by atoms with van der Waals surface area (Å²) in [6.45, 7) is 6.21. The third kappa shape index (κ3) is 5.33. The van der Waals surface area contributed by atoms with E-state index < -0.39 is 0 Å². The third-order valence-electron chi connectivity index (χ3n) is 5.29. The molecular weight excluding hydrogens is 456 g/mol. The van der Waals surface area contributed by atoms with E-state index >= 15 is 0 Å². The van der Waals surface area contributed by atoms with Gasteiger partial charge in [0.15, 0.2) is 0 Å². The predicted molar refractivity (Wildman–Crippen MR) is 136 cm³/mol. The van der Waals surface area contributed by atoms with E-state index in [-0.39, 0.29) is 11.5 Å². The van der Waals surface area contributed by atoms with Crippen molar-refractivity contribution >= 4 is 51.7 Å². The number of fused-ring (bicyclic) bond motifs is 1. The molecule has 1 saturated heterocycles. The summed E-state index contributed by atoms with van der Waals surface area (Å²) in [6, 6.07) is 5.40. The van der Waals surface area contributed by atoms with E-state index in [9.17, 15) is 9.59 Å². The fourth-order valence-corrected chi connectivity index (χ4v) is 4.76. The number of aryl methyl sites for hydroxylation is 1. The molecule has 4 heterocycles. The number of aromatic nitrogens is 4. The van der Waals surface area contributed by atoms with Crippen LogP contribution in [-0.2, 0) is 11.3 Å². The molecule has 1 N–H and O–H groups in total. The first-order chi connectivity index (χ1) is 15.9. The Bertz CT molecular complexity index is 1250. The number of carbonyl (C=O) groups excluding carboxylic acids is 1. The van der Waals surface area contributed by atoms with E-state index in [1.54, 1.807) is 41.8 Å². The first-order valence-electron chi connectivity index (χ1n) is 10.9. The van der Waals surface area contributed by atoms with Crippen molar-refractivity contribution in [2.45, 2.75) is 33.2 Å². The van der Waals surface area contributed by atoms with Crippen molar-refractivity contribution in [1.82, 2.24) is 23.8 Å². The smallest absolute Gasteiger partial charge is 0.267 e. The zero-order valence-corrected chi connectivity index (χ0v) is 20.2. The van der Waals surface area contributed by atoms with Crippen LogP contribution in [0.4, 0.5) is 5.82 Å². The number of thioether (sulfide) groups is 1. The Balaban J connectivity index is 1.61. The second kappa shape index (κ2) is 10.3. The summed E-state index contributed by atoms with van der Waals surface area (Å²) >= 11 is 6.67. The van der Waals surface area contributed by atoms with Crippen molar-refractivity contribution in [3.8, 4) is 0 Å². The van der Waals surface area contributed by atoms with Gasteiger partial charge in [-0.05, 0) is 37.0 Å². The standard InChI is InChI=1S/C23H26N6O2S2/c1-16(2)7-12-29-22(31)18(33-23(29)32)14-17-20(25-8-5-10-27-13-9-24-15-27)26-19-6-3-4-11-28(19)21(17)30/h3-4,6,9,11,13-16,25H,5,7-8,10,12H2,1-2H3/b18-14-. The van der Waals surface area contributed by atoms with Crippen LogP contribution in [0.15, 0.2) is 52.8 Å². The van der Waals surface area contributed by atoms with Gasteiger partial charge >= 0.3 is 0 Å². The van der Waals surface area contributed by atoms with E-state index in [1.807, 2.05) is 16.8 Å². The molecule has 0 atom stereocenters. The van der Waals surface area contributed by atoms with Crippen molar-refractivity contribution in [3.63, 3.8) is 0 Å². The van der Waals surface area contributed by atoms with Crippen LogP contribution in [-0.4, -0.2) is 47.2 Å². The molecule has 1 fully saturated rings. The highest BCUT2D eigenvalue weighted by molar-refractivity contribution is 8.26. The minimum atomic E-state index is -0.231. The highest BCUT2D eigenvalue weighted by Crippen LogP contribution is 2.33. The van der Waals surface area contributed by atoms with E-state index in [2.05, 4.69) is 29.1 Å². The predicted octanol–water partition coefficient (Wildman–Crippen LogP) is 3.64. The van der Waals surface area contributed by atoms with Gasteiger partial charge in [0.2, 0.25) is 0 Å². The molecule has 1 amide bonds. The highest BCUT2D eigenvalue weighted by Gasteiger charge is 2.32. The molecule has 10 heteroatoms. The number of nitrogens with one attached hydrogen (secondary N) is 1. The summed E-state index contributed by atoms with van der Waals surface area (Å²) in [7, 11) is 0. The van der Waals surface area contributed by atoms with Gasteiger partial charge in [-0.2, -0.15) is 0 Å². The summed E-state index contributed by atoms with van der Waals surface area (Å²) in [5.74, 6) is 0.768. The number of thiocarbonyl (C=S) groups is 1. The first-order valence-corrected chi connectivity index (χ1v) is 12.1. The number of anilines is 1. The van der Waals surface area contributed by atoms with Crippen molar-refractivity contribution < 1.29 is 4.79 Å². The zero-order chi connectivity index (χ0) is 23.4. The topological polar surface area (TPSA) is 84.5 Å². The average molecular weight is 483 g/mol. The summed E-state index contributed by atoms with van der Waals surface area (Å²) in [5, 5.41) is 3.29. The van der Waals surface area contributed by atoms with Crippen LogP contribution in [0.5, 0.6) is 0 Å². The van der Waals surface area contributed by atoms with Gasteiger partial charge in [-0.25, -0.2) is 9.97 Å². The van der Waals surface area contributed by atoms with Crippen LogP contribution in [0.2, 0.25) is 0 Å². The molecule has 1 aliphatic heterocycles. The molecule has 172 valence electrons. The lowest BCUT2D eigenvalue weighted by atomic mass is 10.1. The molecule has 3 aromatic rings. The summed E-state index contributed by atoms with van der Waals surface area (Å²) in [5.41, 5.74) is 0.664. The Labute approximate surface area is 201 Å². The van der Waals surface area contributed by atoms with E-state index in [0.717, 1.165) is 19.4 Å². The summed E-state index contributed by atoms with van der Waals surface area (Å²) < 4.78 is 4.01. The zero-order valence-electron chi connectivity index (χ0n) is 18.6. The Morgan fingerprint density at radius 1 is 1.21 bits per heavy atom. The summed E-state index contributed by atoms with van der Waals surface area (Å²) in [6.07, 6.45) is 10.4. The van der Waals surface area contributed by atoms with Crippen LogP contribution in [0.3, 0.4) is 0 Å². The maximum absolute atomic E-state index is 13.3. The van der Waals surface area contributed by atoms with Crippen molar-refractivity contribution in [2.24, 2.45) is 5.92 Å². The number of amides is 1. The van der Waals surface area contributed by atoms with Gasteiger partial charge in [-0.1, -0.05) is 43.9 Å². The quantitative estimate of drug-likeness (QED) is 0.283. The Hall–Kier alpha value is -2.98. The third-order valence-corrected chi connectivity index (χ3v) is 6.67. The van der Waals surface area contributed by atoms with Crippen LogP contribution >= 0.6 is 24.0 Å². The maximum atomic E-state index is 13.3. The number of pyridine rings is 1. The number of carbonyl (C=O) groups is 1.